The number of nitrogens with zero attached hydrogens (tertiary/aromatic N) is 3. The van der Waals surface area contributed by atoms with Gasteiger partial charge < -0.3 is 10.2 Å². The zero-order chi connectivity index (χ0) is 20.0. The molecule has 1 amide bonds. The first-order chi connectivity index (χ1) is 12.7. The number of rotatable bonds is 7. The Hall–Kier alpha value is -2.64. The summed E-state index contributed by atoms with van der Waals surface area (Å²) in [7, 11) is 0. The lowest BCUT2D eigenvalue weighted by Gasteiger charge is -2.21. The highest BCUT2D eigenvalue weighted by molar-refractivity contribution is 5.93. The fraction of sp³-hybridized carbons (Fsp3) is 0.421. The van der Waals surface area contributed by atoms with Crippen LogP contribution < -0.4 is 5.32 Å². The highest BCUT2D eigenvalue weighted by Crippen LogP contribution is 2.31. The van der Waals surface area contributed by atoms with Gasteiger partial charge in [-0.3, -0.25) is 4.79 Å². The summed E-state index contributed by atoms with van der Waals surface area (Å²) < 4.78 is 38.6. The highest BCUT2D eigenvalue weighted by atomic mass is 19.4. The Kier molecular flexibility index (Phi) is 6.76. The van der Waals surface area contributed by atoms with Crippen molar-refractivity contribution in [3.63, 3.8) is 0 Å². The summed E-state index contributed by atoms with van der Waals surface area (Å²) in [6, 6.07) is 6.29. The minimum atomic E-state index is -4.43. The number of carbonyl (C=O) groups excluding carboxylic acids is 1. The van der Waals surface area contributed by atoms with Crippen molar-refractivity contribution in [2.45, 2.75) is 39.8 Å². The Balaban J connectivity index is 2.28. The third-order valence-electron chi connectivity index (χ3n) is 3.79. The van der Waals surface area contributed by atoms with Crippen molar-refractivity contribution in [3.8, 4) is 0 Å². The van der Waals surface area contributed by atoms with Crippen molar-refractivity contribution in [2.75, 3.05) is 18.4 Å². The van der Waals surface area contributed by atoms with Crippen LogP contribution in [-0.2, 0) is 6.18 Å². The normalized spacial score (nSPS) is 11.3. The molecular formula is C19H23F3N4O. The van der Waals surface area contributed by atoms with E-state index in [0.29, 0.717) is 18.9 Å². The van der Waals surface area contributed by atoms with E-state index < -0.39 is 11.7 Å². The second-order valence-corrected chi connectivity index (χ2v) is 6.18. The van der Waals surface area contributed by atoms with Gasteiger partial charge in [0, 0.05) is 24.8 Å². The molecule has 1 aromatic carbocycles. The molecule has 0 bridgehead atoms. The summed E-state index contributed by atoms with van der Waals surface area (Å²) >= 11 is 0. The van der Waals surface area contributed by atoms with E-state index in [0.717, 1.165) is 25.0 Å². The maximum absolute atomic E-state index is 12.9. The molecule has 0 saturated carbocycles. The average Bonchev–Trinajstić information content (AvgIpc) is 2.60. The molecule has 1 N–H and O–H groups in total. The molecule has 5 nitrogen and oxygen atoms in total. The lowest BCUT2D eigenvalue weighted by atomic mass is 10.2. The number of carbonyl (C=O) groups is 1. The van der Waals surface area contributed by atoms with Crippen LogP contribution in [0.25, 0.3) is 0 Å². The van der Waals surface area contributed by atoms with Crippen LogP contribution in [0.2, 0.25) is 0 Å². The Labute approximate surface area is 156 Å². The van der Waals surface area contributed by atoms with Crippen LogP contribution in [0.15, 0.2) is 30.3 Å². The van der Waals surface area contributed by atoms with Crippen LogP contribution in [0.1, 0.15) is 48.6 Å². The van der Waals surface area contributed by atoms with E-state index in [9.17, 15) is 18.0 Å². The number of aromatic nitrogens is 2. The molecule has 146 valence electrons. The van der Waals surface area contributed by atoms with Crippen molar-refractivity contribution < 1.29 is 18.0 Å². The summed E-state index contributed by atoms with van der Waals surface area (Å²) in [6.07, 6.45) is -2.78. The minimum Gasteiger partial charge on any atom is -0.340 e. The lowest BCUT2D eigenvalue weighted by molar-refractivity contribution is -0.137. The Morgan fingerprint density at radius 2 is 1.78 bits per heavy atom. The van der Waals surface area contributed by atoms with Crippen LogP contribution >= 0.6 is 0 Å². The van der Waals surface area contributed by atoms with Crippen molar-refractivity contribution >= 4 is 17.4 Å². The Morgan fingerprint density at radius 3 is 2.37 bits per heavy atom. The number of halogens is 3. The molecule has 0 spiro atoms. The first kappa shape index (κ1) is 20.7. The number of amides is 1. The largest absolute Gasteiger partial charge is 0.416 e. The van der Waals surface area contributed by atoms with Gasteiger partial charge in [0.2, 0.25) is 0 Å². The SMILES string of the molecule is CCCN(CCC)C(=O)c1cc(Nc2cccc(C(F)(F)F)c2)nc(C)n1. The Morgan fingerprint density at radius 1 is 1.11 bits per heavy atom. The molecule has 2 aromatic rings. The molecule has 0 aliphatic carbocycles. The molecule has 0 unspecified atom stereocenters. The van der Waals surface area contributed by atoms with E-state index >= 15 is 0 Å². The number of hydrogen-bond donors (Lipinski definition) is 1. The fourth-order valence-electron chi connectivity index (χ4n) is 2.68. The van der Waals surface area contributed by atoms with Crippen molar-refractivity contribution in [1.29, 1.82) is 0 Å². The quantitative estimate of drug-likeness (QED) is 0.749. The van der Waals surface area contributed by atoms with E-state index in [4.69, 9.17) is 0 Å². The van der Waals surface area contributed by atoms with E-state index in [1.165, 1.54) is 18.2 Å². The molecule has 0 aliphatic heterocycles. The Bertz CT molecular complexity index is 787. The summed E-state index contributed by atoms with van der Waals surface area (Å²) in [6.45, 7) is 6.85. The summed E-state index contributed by atoms with van der Waals surface area (Å²) in [5.74, 6) is 0.428. The van der Waals surface area contributed by atoms with E-state index in [2.05, 4.69) is 15.3 Å². The number of nitrogens with one attached hydrogen (secondary N) is 1. The van der Waals surface area contributed by atoms with Crippen molar-refractivity contribution in [2.24, 2.45) is 0 Å². The summed E-state index contributed by atoms with van der Waals surface area (Å²) in [4.78, 5) is 22.8. The van der Waals surface area contributed by atoms with Crippen LogP contribution in [0.5, 0.6) is 0 Å². The summed E-state index contributed by atoms with van der Waals surface area (Å²) in [5, 5.41) is 2.83. The monoisotopic (exact) mass is 380 g/mol. The van der Waals surface area contributed by atoms with E-state index in [-0.39, 0.29) is 23.1 Å². The van der Waals surface area contributed by atoms with Gasteiger partial charge in [-0.2, -0.15) is 13.2 Å². The molecule has 27 heavy (non-hydrogen) atoms. The first-order valence-corrected chi connectivity index (χ1v) is 8.83. The van der Waals surface area contributed by atoms with Gasteiger partial charge in [0.05, 0.1) is 5.56 Å². The van der Waals surface area contributed by atoms with Gasteiger partial charge in [-0.05, 0) is 38.0 Å². The van der Waals surface area contributed by atoms with Gasteiger partial charge in [0.25, 0.3) is 5.91 Å². The van der Waals surface area contributed by atoms with E-state index in [1.54, 1.807) is 11.8 Å². The van der Waals surface area contributed by atoms with Crippen LogP contribution in [0, 0.1) is 6.92 Å². The predicted octanol–water partition coefficient (Wildman–Crippen LogP) is 4.81. The van der Waals surface area contributed by atoms with E-state index in [1.807, 2.05) is 13.8 Å². The zero-order valence-corrected chi connectivity index (χ0v) is 15.6. The van der Waals surface area contributed by atoms with Crippen LogP contribution in [-0.4, -0.2) is 33.9 Å². The smallest absolute Gasteiger partial charge is 0.340 e. The third kappa shape index (κ3) is 5.67. The van der Waals surface area contributed by atoms with Gasteiger partial charge in [0.1, 0.15) is 17.3 Å². The van der Waals surface area contributed by atoms with Gasteiger partial charge in [-0.25, -0.2) is 9.97 Å². The molecule has 0 saturated heterocycles. The minimum absolute atomic E-state index is 0.212. The molecule has 0 atom stereocenters. The molecule has 0 fully saturated rings. The van der Waals surface area contributed by atoms with Gasteiger partial charge in [0.15, 0.2) is 0 Å². The summed E-state index contributed by atoms with van der Waals surface area (Å²) in [5.41, 5.74) is -0.300. The van der Waals surface area contributed by atoms with Gasteiger partial charge in [-0.1, -0.05) is 19.9 Å². The standard InChI is InChI=1S/C19H23F3N4O/c1-4-9-26(10-5-2)18(27)16-12-17(24-13(3)23-16)25-15-8-6-7-14(11-15)19(20,21)22/h6-8,11-12H,4-5,9-10H2,1-3H3,(H,23,24,25). The maximum atomic E-state index is 12.9. The second kappa shape index (κ2) is 8.83. The van der Waals surface area contributed by atoms with Gasteiger partial charge >= 0.3 is 6.18 Å². The van der Waals surface area contributed by atoms with Gasteiger partial charge in [-0.15, -0.1) is 0 Å². The number of benzene rings is 1. The third-order valence-corrected chi connectivity index (χ3v) is 3.79. The predicted molar refractivity (Wildman–Crippen MR) is 98.0 cm³/mol. The molecule has 1 heterocycles. The number of alkyl halides is 3. The van der Waals surface area contributed by atoms with Crippen LogP contribution in [0.3, 0.4) is 0 Å². The maximum Gasteiger partial charge on any atom is 0.416 e. The molecule has 1 aromatic heterocycles. The number of aryl methyl sites for hydroxylation is 1. The molecule has 0 radical (unpaired) electrons. The first-order valence-electron chi connectivity index (χ1n) is 8.83. The van der Waals surface area contributed by atoms with Crippen molar-refractivity contribution in [3.05, 3.63) is 47.4 Å². The molecular weight excluding hydrogens is 357 g/mol. The molecule has 0 aliphatic rings. The zero-order valence-electron chi connectivity index (χ0n) is 15.6. The molecule has 8 heteroatoms. The second-order valence-electron chi connectivity index (χ2n) is 6.18. The van der Waals surface area contributed by atoms with Crippen LogP contribution in [0.4, 0.5) is 24.7 Å². The van der Waals surface area contributed by atoms with Crippen molar-refractivity contribution in [1.82, 2.24) is 14.9 Å². The number of anilines is 2. The number of hydrogen-bond acceptors (Lipinski definition) is 4. The lowest BCUT2D eigenvalue weighted by Crippen LogP contribution is -2.33. The topological polar surface area (TPSA) is 58.1 Å². The average molecular weight is 380 g/mol. The fourth-order valence-corrected chi connectivity index (χ4v) is 2.68. The molecule has 2 rings (SSSR count). The highest BCUT2D eigenvalue weighted by Gasteiger charge is 2.30.